The number of benzene rings is 1. The Hall–Kier alpha value is -3.62. The van der Waals surface area contributed by atoms with Crippen molar-refractivity contribution in [3.05, 3.63) is 54.0 Å². The fourth-order valence-electron chi connectivity index (χ4n) is 2.50. The van der Waals surface area contributed by atoms with Gasteiger partial charge in [0, 0.05) is 25.3 Å². The summed E-state index contributed by atoms with van der Waals surface area (Å²) in [5, 5.41) is 5.12. The van der Waals surface area contributed by atoms with Gasteiger partial charge in [0.1, 0.15) is 6.04 Å². The molecule has 30 heavy (non-hydrogen) atoms. The fraction of sp³-hybridized carbons (Fsp3) is 0.333. The number of nitrogens with one attached hydrogen (secondary N) is 2. The number of anilines is 1. The lowest BCUT2D eigenvalue weighted by Crippen LogP contribution is -2.45. The zero-order chi connectivity index (χ0) is 22.3. The number of ether oxygens (including phenoxy) is 1. The first-order valence-corrected chi connectivity index (χ1v) is 9.31. The van der Waals surface area contributed by atoms with Crippen LogP contribution in [-0.4, -0.2) is 55.3 Å². The van der Waals surface area contributed by atoms with E-state index in [0.29, 0.717) is 11.3 Å². The van der Waals surface area contributed by atoms with Gasteiger partial charge in [-0.1, -0.05) is 13.8 Å². The minimum atomic E-state index is -0.938. The summed E-state index contributed by atoms with van der Waals surface area (Å²) in [6, 6.07) is 8.43. The number of esters is 1. The van der Waals surface area contributed by atoms with Crippen molar-refractivity contribution >= 4 is 29.4 Å². The quantitative estimate of drug-likeness (QED) is 0.636. The molecule has 0 aliphatic rings. The van der Waals surface area contributed by atoms with Crippen LogP contribution >= 0.6 is 0 Å². The van der Waals surface area contributed by atoms with Crippen LogP contribution in [0.2, 0.25) is 0 Å². The van der Waals surface area contributed by atoms with Gasteiger partial charge < -0.3 is 24.7 Å². The second-order valence-electron chi connectivity index (χ2n) is 7.11. The van der Waals surface area contributed by atoms with Crippen molar-refractivity contribution in [3.8, 4) is 0 Å². The van der Waals surface area contributed by atoms with E-state index in [4.69, 9.17) is 9.15 Å². The van der Waals surface area contributed by atoms with E-state index in [1.165, 1.54) is 17.2 Å². The van der Waals surface area contributed by atoms with Crippen LogP contribution in [0.1, 0.15) is 34.8 Å². The van der Waals surface area contributed by atoms with E-state index in [1.807, 2.05) is 0 Å². The SMILES string of the molecule is CC(C)[C@H](NC(=O)c1ccco1)C(=O)OCC(=O)Nc1ccc(C(=O)N(C)C)cc1. The standard InChI is InChI=1S/C21H25N3O6/c1-13(2)18(23-19(26)16-6-5-11-29-16)21(28)30-12-17(25)22-15-9-7-14(8-10-15)20(27)24(3)4/h5-11,13,18H,12H2,1-4H3,(H,22,25)(H,23,26)/t18-/m0/s1. The number of amides is 3. The lowest BCUT2D eigenvalue weighted by molar-refractivity contribution is -0.150. The van der Waals surface area contributed by atoms with E-state index >= 15 is 0 Å². The Morgan fingerprint density at radius 3 is 2.27 bits per heavy atom. The molecular formula is C21H25N3O6. The Labute approximate surface area is 174 Å². The van der Waals surface area contributed by atoms with Crippen LogP contribution in [0.3, 0.4) is 0 Å². The van der Waals surface area contributed by atoms with E-state index in [9.17, 15) is 19.2 Å². The highest BCUT2D eigenvalue weighted by Gasteiger charge is 2.27. The average Bonchev–Trinajstić information content (AvgIpc) is 3.24. The van der Waals surface area contributed by atoms with Crippen molar-refractivity contribution in [2.45, 2.75) is 19.9 Å². The normalized spacial score (nSPS) is 11.5. The molecule has 0 aliphatic carbocycles. The van der Waals surface area contributed by atoms with Gasteiger partial charge in [-0.25, -0.2) is 4.79 Å². The molecule has 3 amide bonds. The highest BCUT2D eigenvalue weighted by Crippen LogP contribution is 2.11. The number of hydrogen-bond donors (Lipinski definition) is 2. The molecule has 1 atom stereocenters. The molecule has 0 saturated carbocycles. The molecule has 1 aromatic carbocycles. The van der Waals surface area contributed by atoms with Crippen molar-refractivity contribution < 1.29 is 28.3 Å². The first-order valence-electron chi connectivity index (χ1n) is 9.31. The van der Waals surface area contributed by atoms with Gasteiger partial charge in [-0.05, 0) is 42.3 Å². The van der Waals surface area contributed by atoms with Gasteiger partial charge in [-0.15, -0.1) is 0 Å². The summed E-state index contributed by atoms with van der Waals surface area (Å²) in [4.78, 5) is 49.8. The van der Waals surface area contributed by atoms with Gasteiger partial charge in [0.2, 0.25) is 0 Å². The molecule has 0 bridgehead atoms. The van der Waals surface area contributed by atoms with Gasteiger partial charge in [0.25, 0.3) is 17.7 Å². The van der Waals surface area contributed by atoms with E-state index in [1.54, 1.807) is 58.3 Å². The van der Waals surface area contributed by atoms with Crippen LogP contribution in [-0.2, 0) is 14.3 Å². The molecule has 160 valence electrons. The zero-order valence-corrected chi connectivity index (χ0v) is 17.3. The lowest BCUT2D eigenvalue weighted by Gasteiger charge is -2.20. The summed E-state index contributed by atoms with van der Waals surface area (Å²) in [6.07, 6.45) is 1.35. The molecule has 0 unspecified atom stereocenters. The average molecular weight is 415 g/mol. The van der Waals surface area contributed by atoms with Gasteiger partial charge in [-0.3, -0.25) is 14.4 Å². The van der Waals surface area contributed by atoms with Gasteiger partial charge in [-0.2, -0.15) is 0 Å². The number of hydrogen-bond acceptors (Lipinski definition) is 6. The van der Waals surface area contributed by atoms with Gasteiger partial charge in [0.05, 0.1) is 6.26 Å². The third-order valence-electron chi connectivity index (χ3n) is 4.12. The van der Waals surface area contributed by atoms with E-state index in [0.717, 1.165) is 0 Å². The monoisotopic (exact) mass is 415 g/mol. The van der Waals surface area contributed by atoms with Crippen LogP contribution in [0.4, 0.5) is 5.69 Å². The first-order chi connectivity index (χ1) is 14.2. The number of rotatable bonds is 8. The molecule has 9 nitrogen and oxygen atoms in total. The Bertz CT molecular complexity index is 888. The molecule has 2 aromatic rings. The highest BCUT2D eigenvalue weighted by molar-refractivity contribution is 5.97. The lowest BCUT2D eigenvalue weighted by atomic mass is 10.0. The molecule has 0 fully saturated rings. The molecule has 0 radical (unpaired) electrons. The van der Waals surface area contributed by atoms with Crippen molar-refractivity contribution in [1.82, 2.24) is 10.2 Å². The maximum absolute atomic E-state index is 12.3. The first kappa shape index (κ1) is 22.7. The van der Waals surface area contributed by atoms with E-state index < -0.39 is 30.4 Å². The summed E-state index contributed by atoms with van der Waals surface area (Å²) >= 11 is 0. The Morgan fingerprint density at radius 1 is 1.07 bits per heavy atom. The number of carbonyl (C=O) groups excluding carboxylic acids is 4. The smallest absolute Gasteiger partial charge is 0.329 e. The van der Waals surface area contributed by atoms with Crippen LogP contribution in [0, 0.1) is 5.92 Å². The third kappa shape index (κ3) is 6.20. The van der Waals surface area contributed by atoms with Gasteiger partial charge in [0.15, 0.2) is 12.4 Å². The third-order valence-corrected chi connectivity index (χ3v) is 4.12. The maximum atomic E-state index is 12.3. The second kappa shape index (κ2) is 10.2. The minimum absolute atomic E-state index is 0.0717. The van der Waals surface area contributed by atoms with Crippen LogP contribution in [0.25, 0.3) is 0 Å². The van der Waals surface area contributed by atoms with Crippen molar-refractivity contribution in [2.24, 2.45) is 5.92 Å². The summed E-state index contributed by atoms with van der Waals surface area (Å²) in [6.45, 7) is 2.97. The summed E-state index contributed by atoms with van der Waals surface area (Å²) in [5.74, 6) is -2.17. The Kier molecular flexibility index (Phi) is 7.74. The highest BCUT2D eigenvalue weighted by atomic mass is 16.5. The number of furan rings is 1. The number of nitrogens with zero attached hydrogens (tertiary/aromatic N) is 1. The topological polar surface area (TPSA) is 118 Å². The molecule has 0 saturated heterocycles. The molecule has 1 heterocycles. The van der Waals surface area contributed by atoms with Gasteiger partial charge >= 0.3 is 5.97 Å². The Morgan fingerprint density at radius 2 is 1.73 bits per heavy atom. The van der Waals surface area contributed by atoms with Crippen LogP contribution in [0.5, 0.6) is 0 Å². The van der Waals surface area contributed by atoms with Crippen LogP contribution in [0.15, 0.2) is 47.1 Å². The second-order valence-corrected chi connectivity index (χ2v) is 7.11. The molecular weight excluding hydrogens is 390 g/mol. The van der Waals surface area contributed by atoms with E-state index in [-0.39, 0.29) is 17.6 Å². The molecule has 2 rings (SSSR count). The predicted octanol–water partition coefficient (Wildman–Crippen LogP) is 1.92. The molecule has 0 spiro atoms. The largest absolute Gasteiger partial charge is 0.459 e. The fourth-order valence-corrected chi connectivity index (χ4v) is 2.50. The summed E-state index contributed by atoms with van der Waals surface area (Å²) in [5.41, 5.74) is 0.939. The maximum Gasteiger partial charge on any atom is 0.329 e. The summed E-state index contributed by atoms with van der Waals surface area (Å²) in [7, 11) is 3.29. The minimum Gasteiger partial charge on any atom is -0.459 e. The van der Waals surface area contributed by atoms with Crippen molar-refractivity contribution in [3.63, 3.8) is 0 Å². The van der Waals surface area contributed by atoms with Crippen molar-refractivity contribution in [2.75, 3.05) is 26.0 Å². The predicted molar refractivity (Wildman–Crippen MR) is 109 cm³/mol. The van der Waals surface area contributed by atoms with Crippen LogP contribution < -0.4 is 10.6 Å². The molecule has 2 N–H and O–H groups in total. The molecule has 0 aliphatic heterocycles. The Balaban J connectivity index is 1.88. The van der Waals surface area contributed by atoms with Crippen molar-refractivity contribution in [1.29, 1.82) is 0 Å². The molecule has 9 heteroatoms. The summed E-state index contributed by atoms with van der Waals surface area (Å²) < 4.78 is 10.1. The zero-order valence-electron chi connectivity index (χ0n) is 17.3. The van der Waals surface area contributed by atoms with E-state index in [2.05, 4.69) is 10.6 Å². The number of carbonyl (C=O) groups is 4. The molecule has 1 aromatic heterocycles.